The Morgan fingerprint density at radius 1 is 1.17 bits per heavy atom. The van der Waals surface area contributed by atoms with Crippen LogP contribution < -0.4 is 15.5 Å². The van der Waals surface area contributed by atoms with Gasteiger partial charge in [-0.1, -0.05) is 17.7 Å². The van der Waals surface area contributed by atoms with E-state index >= 15 is 4.39 Å². The van der Waals surface area contributed by atoms with E-state index < -0.39 is 17.5 Å². The molecule has 3 fully saturated rings. The Balaban J connectivity index is 1.19. The number of carbonyl (C=O) groups is 1. The average Bonchev–Trinajstić information content (AvgIpc) is 3.84. The summed E-state index contributed by atoms with van der Waals surface area (Å²) in [7, 11) is 0. The monoisotopic (exact) mass is 590 g/mol. The molecule has 4 heterocycles. The molecule has 3 aliphatic rings. The SMILES string of the molecule is CC(C)(C)OC(=O)N[C@@H]1CN(c2c(Cl)cnc3ccc(-c4nc(Nc5cnn(C6CC6)c5)ncc4F)cc23)CC12CC2. The van der Waals surface area contributed by atoms with Crippen LogP contribution in [0.2, 0.25) is 5.02 Å². The Morgan fingerprint density at radius 2 is 1.98 bits per heavy atom. The molecule has 0 bridgehead atoms. The first-order valence-electron chi connectivity index (χ1n) is 14.2. The van der Waals surface area contributed by atoms with Crippen molar-refractivity contribution in [1.29, 1.82) is 0 Å². The Hall–Kier alpha value is -3.99. The molecule has 0 radical (unpaired) electrons. The first kappa shape index (κ1) is 26.9. The first-order chi connectivity index (χ1) is 20.1. The normalized spacial score (nSPS) is 19.4. The number of nitrogens with zero attached hydrogens (tertiary/aromatic N) is 6. The van der Waals surface area contributed by atoms with Crippen LogP contribution in [0.1, 0.15) is 52.5 Å². The average molecular weight is 591 g/mol. The van der Waals surface area contributed by atoms with Crippen molar-refractivity contribution >= 4 is 45.9 Å². The smallest absolute Gasteiger partial charge is 0.407 e. The number of nitrogens with one attached hydrogen (secondary N) is 2. The molecule has 218 valence electrons. The Labute approximate surface area is 247 Å². The highest BCUT2D eigenvalue weighted by atomic mass is 35.5. The molecular weight excluding hydrogens is 559 g/mol. The maximum absolute atomic E-state index is 15.1. The van der Waals surface area contributed by atoms with Crippen LogP contribution in [0.3, 0.4) is 0 Å². The molecule has 4 aromatic rings. The van der Waals surface area contributed by atoms with Crippen molar-refractivity contribution in [3.63, 3.8) is 0 Å². The Morgan fingerprint density at radius 3 is 2.71 bits per heavy atom. The number of fused-ring (bicyclic) bond motifs is 1. The fourth-order valence-electron chi connectivity index (χ4n) is 5.78. The number of anilines is 3. The lowest BCUT2D eigenvalue weighted by atomic mass is 10.0. The molecule has 12 heteroatoms. The Bertz CT molecular complexity index is 1690. The third-order valence-corrected chi connectivity index (χ3v) is 8.41. The summed E-state index contributed by atoms with van der Waals surface area (Å²) >= 11 is 6.78. The van der Waals surface area contributed by atoms with Gasteiger partial charge >= 0.3 is 6.09 Å². The molecule has 2 saturated carbocycles. The molecule has 7 rings (SSSR count). The molecule has 1 aliphatic heterocycles. The van der Waals surface area contributed by atoms with E-state index in [0.29, 0.717) is 23.2 Å². The van der Waals surface area contributed by atoms with E-state index in [1.54, 1.807) is 18.5 Å². The number of pyridine rings is 1. The number of hydrogen-bond acceptors (Lipinski definition) is 8. The largest absolute Gasteiger partial charge is 0.444 e. The highest BCUT2D eigenvalue weighted by Crippen LogP contribution is 2.54. The van der Waals surface area contributed by atoms with Gasteiger partial charge in [0.05, 0.1) is 46.4 Å². The molecule has 0 unspecified atom stereocenters. The molecular formula is C30H32ClFN8O2. The van der Waals surface area contributed by atoms with Gasteiger partial charge in [0.1, 0.15) is 11.3 Å². The van der Waals surface area contributed by atoms with Crippen molar-refractivity contribution in [3.05, 3.63) is 53.8 Å². The quantitative estimate of drug-likeness (QED) is 0.271. The van der Waals surface area contributed by atoms with Crippen LogP contribution in [0.5, 0.6) is 0 Å². The minimum absolute atomic E-state index is 0.0277. The van der Waals surface area contributed by atoms with Crippen LogP contribution in [0.4, 0.5) is 26.5 Å². The predicted octanol–water partition coefficient (Wildman–Crippen LogP) is 6.25. The van der Waals surface area contributed by atoms with Crippen LogP contribution in [0.25, 0.3) is 22.2 Å². The maximum Gasteiger partial charge on any atom is 0.407 e. The second-order valence-corrected chi connectivity index (χ2v) is 13.0. The van der Waals surface area contributed by atoms with E-state index in [-0.39, 0.29) is 23.1 Å². The zero-order valence-corrected chi connectivity index (χ0v) is 24.5. The van der Waals surface area contributed by atoms with Crippen LogP contribution >= 0.6 is 11.6 Å². The number of hydrogen-bond donors (Lipinski definition) is 2. The van der Waals surface area contributed by atoms with Crippen molar-refractivity contribution in [2.24, 2.45) is 5.41 Å². The first-order valence-corrected chi connectivity index (χ1v) is 14.6. The summed E-state index contributed by atoms with van der Waals surface area (Å²) in [5.41, 5.74) is 2.42. The van der Waals surface area contributed by atoms with E-state index in [1.165, 1.54) is 6.20 Å². The third kappa shape index (κ3) is 5.21. The van der Waals surface area contributed by atoms with Gasteiger partial charge in [0.25, 0.3) is 0 Å². The molecule has 2 aliphatic carbocycles. The van der Waals surface area contributed by atoms with Gasteiger partial charge in [0, 0.05) is 41.8 Å². The molecule has 1 spiro atoms. The zero-order valence-electron chi connectivity index (χ0n) is 23.7. The standard InChI is InChI=1S/C30H32ClFN8O2/c1-29(2,3)42-28(41)37-24-15-39(16-30(24)8-9-30)26-20-10-17(4-7-23(20)33-12-21(26)31)25-22(32)13-34-27(38-25)36-18-11-35-40(14-18)19-5-6-19/h4,7,10-14,19,24H,5-6,8-9,15-16H2,1-3H3,(H,37,41)(H,34,36,38)/t24-/m1/s1. The van der Waals surface area contributed by atoms with E-state index in [2.05, 4.69) is 35.6 Å². The number of benzene rings is 1. The topological polar surface area (TPSA) is 110 Å². The molecule has 3 aromatic heterocycles. The number of halogens is 2. The predicted molar refractivity (Wildman–Crippen MR) is 159 cm³/mol. The molecule has 1 atom stereocenters. The highest BCUT2D eigenvalue weighted by molar-refractivity contribution is 6.34. The van der Waals surface area contributed by atoms with E-state index in [1.807, 2.05) is 43.8 Å². The summed E-state index contributed by atoms with van der Waals surface area (Å²) in [4.78, 5) is 28.0. The summed E-state index contributed by atoms with van der Waals surface area (Å²) in [5, 5.41) is 11.9. The number of ether oxygens (including phenoxy) is 1. The van der Waals surface area contributed by atoms with E-state index in [9.17, 15) is 4.79 Å². The second-order valence-electron chi connectivity index (χ2n) is 12.6. The molecule has 2 N–H and O–H groups in total. The van der Waals surface area contributed by atoms with Crippen LogP contribution in [0.15, 0.2) is 43.0 Å². The maximum atomic E-state index is 15.1. The van der Waals surface area contributed by atoms with Gasteiger partial charge in [0.2, 0.25) is 5.95 Å². The van der Waals surface area contributed by atoms with Crippen LogP contribution in [0, 0.1) is 11.2 Å². The summed E-state index contributed by atoms with van der Waals surface area (Å²) in [6.07, 6.45) is 10.3. The summed E-state index contributed by atoms with van der Waals surface area (Å²) in [5.74, 6) is -0.262. The van der Waals surface area contributed by atoms with Crippen molar-refractivity contribution in [3.8, 4) is 11.3 Å². The molecule has 42 heavy (non-hydrogen) atoms. The summed E-state index contributed by atoms with van der Waals surface area (Å²) in [6, 6.07) is 5.89. The van der Waals surface area contributed by atoms with Crippen LogP contribution in [-0.4, -0.2) is 55.6 Å². The third-order valence-electron chi connectivity index (χ3n) is 8.14. The van der Waals surface area contributed by atoms with E-state index in [0.717, 1.165) is 54.5 Å². The van der Waals surface area contributed by atoms with Gasteiger partial charge in [-0.25, -0.2) is 19.2 Å². The van der Waals surface area contributed by atoms with Gasteiger partial charge < -0.3 is 20.3 Å². The Kier molecular flexibility index (Phi) is 6.27. The molecule has 1 amide bonds. The van der Waals surface area contributed by atoms with Crippen molar-refractivity contribution < 1.29 is 13.9 Å². The van der Waals surface area contributed by atoms with Crippen molar-refractivity contribution in [1.82, 2.24) is 30.0 Å². The van der Waals surface area contributed by atoms with Crippen molar-refractivity contribution in [2.75, 3.05) is 23.3 Å². The van der Waals surface area contributed by atoms with Crippen molar-refractivity contribution in [2.45, 2.75) is 64.1 Å². The number of aromatic nitrogens is 5. The number of alkyl carbamates (subject to hydrolysis) is 1. The second kappa shape index (κ2) is 9.79. The highest BCUT2D eigenvalue weighted by Gasteiger charge is 2.56. The number of carbonyl (C=O) groups excluding carboxylic acids is 1. The van der Waals surface area contributed by atoms with Gasteiger partial charge in [-0.3, -0.25) is 9.67 Å². The lowest BCUT2D eigenvalue weighted by Crippen LogP contribution is -2.44. The van der Waals surface area contributed by atoms with Gasteiger partial charge in [0.15, 0.2) is 5.82 Å². The fraction of sp³-hybridized carbons (Fsp3) is 0.433. The fourth-order valence-corrected chi connectivity index (χ4v) is 6.05. The lowest BCUT2D eigenvalue weighted by Gasteiger charge is -2.24. The zero-order chi connectivity index (χ0) is 29.2. The molecule has 1 aromatic carbocycles. The molecule has 1 saturated heterocycles. The summed E-state index contributed by atoms with van der Waals surface area (Å²) in [6.45, 7) is 6.86. The molecule has 10 nitrogen and oxygen atoms in total. The van der Waals surface area contributed by atoms with Gasteiger partial charge in [-0.2, -0.15) is 5.10 Å². The van der Waals surface area contributed by atoms with Gasteiger partial charge in [-0.15, -0.1) is 0 Å². The number of amides is 1. The minimum atomic E-state index is -0.579. The van der Waals surface area contributed by atoms with Crippen LogP contribution in [-0.2, 0) is 4.74 Å². The minimum Gasteiger partial charge on any atom is -0.444 e. The lowest BCUT2D eigenvalue weighted by molar-refractivity contribution is 0.0493. The number of rotatable bonds is 6. The van der Waals surface area contributed by atoms with Gasteiger partial charge in [-0.05, 0) is 58.6 Å². The summed E-state index contributed by atoms with van der Waals surface area (Å²) < 4.78 is 22.6. The van der Waals surface area contributed by atoms with E-state index in [4.69, 9.17) is 16.3 Å².